The Morgan fingerprint density at radius 3 is 2.45 bits per heavy atom. The minimum absolute atomic E-state index is 0.0129. The number of rotatable bonds is 8. The molecule has 1 aliphatic carbocycles. The van der Waals surface area contributed by atoms with Crippen LogP contribution in [0, 0.1) is 5.82 Å². The topological polar surface area (TPSA) is 110 Å². The minimum atomic E-state index is -4.42. The summed E-state index contributed by atoms with van der Waals surface area (Å²) in [4.78, 5) is 30.1. The molecule has 1 saturated carbocycles. The van der Waals surface area contributed by atoms with E-state index < -0.39 is 23.7 Å². The Labute approximate surface area is 215 Å². The summed E-state index contributed by atoms with van der Waals surface area (Å²) in [5.74, 6) is 0.373. The van der Waals surface area contributed by atoms with Crippen LogP contribution in [0.15, 0.2) is 36.8 Å². The zero-order valence-electron chi connectivity index (χ0n) is 20.4. The number of aromatic amines is 1. The standard InChI is InChI=1S/C25H27F4N7O2/c26-20-22(31-12-18-11-30-21(34-18)16-7-9-35(10-8-16)24(37)38)32-14-33-23(20)36(19-5-6-19)13-15-1-3-17(4-2-15)25(27,28)29/h1-4,11,14,16,19H,5-10,12-13H2,(H,30,34)(H,37,38)(H,31,32,33). The third-order valence-electron chi connectivity index (χ3n) is 6.91. The maximum Gasteiger partial charge on any atom is 0.416 e. The monoisotopic (exact) mass is 533 g/mol. The number of piperidine rings is 1. The van der Waals surface area contributed by atoms with Gasteiger partial charge in [-0.3, -0.25) is 0 Å². The second-order valence-corrected chi connectivity index (χ2v) is 9.60. The first-order chi connectivity index (χ1) is 18.2. The number of carbonyl (C=O) groups is 1. The van der Waals surface area contributed by atoms with Crippen LogP contribution < -0.4 is 10.2 Å². The van der Waals surface area contributed by atoms with E-state index in [1.165, 1.54) is 23.4 Å². The fraction of sp³-hybridized carbons (Fsp3) is 0.440. The Morgan fingerprint density at radius 1 is 1.11 bits per heavy atom. The molecule has 3 heterocycles. The van der Waals surface area contributed by atoms with Gasteiger partial charge < -0.3 is 25.2 Å². The van der Waals surface area contributed by atoms with Crippen molar-refractivity contribution in [1.29, 1.82) is 0 Å². The lowest BCUT2D eigenvalue weighted by atomic mass is 9.96. The summed E-state index contributed by atoms with van der Waals surface area (Å²) in [5.41, 5.74) is 0.618. The molecule has 2 aromatic heterocycles. The average molecular weight is 534 g/mol. The van der Waals surface area contributed by atoms with E-state index in [9.17, 15) is 18.0 Å². The molecule has 3 N–H and O–H groups in total. The van der Waals surface area contributed by atoms with Crippen LogP contribution in [0.2, 0.25) is 0 Å². The lowest BCUT2D eigenvalue weighted by molar-refractivity contribution is -0.137. The Bertz CT molecular complexity index is 1270. The van der Waals surface area contributed by atoms with Crippen molar-refractivity contribution in [3.8, 4) is 0 Å². The maximum absolute atomic E-state index is 15.5. The van der Waals surface area contributed by atoms with Gasteiger partial charge in [0.1, 0.15) is 12.2 Å². The largest absolute Gasteiger partial charge is 0.465 e. The number of benzene rings is 1. The molecule has 5 rings (SSSR count). The lowest BCUT2D eigenvalue weighted by Gasteiger charge is -2.28. The van der Waals surface area contributed by atoms with Gasteiger partial charge in [0.15, 0.2) is 11.6 Å². The summed E-state index contributed by atoms with van der Waals surface area (Å²) < 4.78 is 54.2. The molecule has 9 nitrogen and oxygen atoms in total. The smallest absolute Gasteiger partial charge is 0.416 e. The summed E-state index contributed by atoms with van der Waals surface area (Å²) in [6, 6.07) is 4.91. The van der Waals surface area contributed by atoms with Crippen molar-refractivity contribution in [3.05, 3.63) is 65.3 Å². The number of anilines is 2. The first-order valence-electron chi connectivity index (χ1n) is 12.4. The molecule has 0 spiro atoms. The van der Waals surface area contributed by atoms with Crippen molar-refractivity contribution in [2.75, 3.05) is 23.3 Å². The molecule has 2 fully saturated rings. The van der Waals surface area contributed by atoms with Crippen LogP contribution in [0.1, 0.15) is 54.2 Å². The number of likely N-dealkylation sites (tertiary alicyclic amines) is 1. The summed E-state index contributed by atoms with van der Waals surface area (Å²) >= 11 is 0. The number of hydrogen-bond acceptors (Lipinski definition) is 6. The van der Waals surface area contributed by atoms with Gasteiger partial charge in [-0.15, -0.1) is 0 Å². The van der Waals surface area contributed by atoms with E-state index in [0.29, 0.717) is 31.5 Å². The molecule has 1 aromatic carbocycles. The zero-order valence-corrected chi connectivity index (χ0v) is 20.4. The number of halogens is 4. The van der Waals surface area contributed by atoms with Crippen LogP contribution in [0.3, 0.4) is 0 Å². The predicted octanol–water partition coefficient (Wildman–Crippen LogP) is 5.00. The van der Waals surface area contributed by atoms with Gasteiger partial charge >= 0.3 is 12.3 Å². The van der Waals surface area contributed by atoms with Gasteiger partial charge in [-0.05, 0) is 43.4 Å². The van der Waals surface area contributed by atoms with Gasteiger partial charge in [0.05, 0.1) is 24.0 Å². The van der Waals surface area contributed by atoms with Crippen LogP contribution in [-0.2, 0) is 19.3 Å². The van der Waals surface area contributed by atoms with E-state index in [-0.39, 0.29) is 36.7 Å². The molecule has 0 unspecified atom stereocenters. The van der Waals surface area contributed by atoms with Crippen molar-refractivity contribution in [2.24, 2.45) is 0 Å². The van der Waals surface area contributed by atoms with Gasteiger partial charge in [-0.2, -0.15) is 17.6 Å². The first kappa shape index (κ1) is 25.7. The molecular weight excluding hydrogens is 506 g/mol. The van der Waals surface area contributed by atoms with E-state index >= 15 is 4.39 Å². The van der Waals surface area contributed by atoms with E-state index in [1.54, 1.807) is 11.1 Å². The zero-order chi connectivity index (χ0) is 26.9. The van der Waals surface area contributed by atoms with Crippen LogP contribution in [0.4, 0.5) is 34.0 Å². The molecule has 0 radical (unpaired) electrons. The number of imidazole rings is 1. The van der Waals surface area contributed by atoms with Crippen molar-refractivity contribution in [1.82, 2.24) is 24.8 Å². The SMILES string of the molecule is O=C(O)N1CCC(c2ncc(CNc3ncnc(N(Cc4ccc(C(F)(F)F)cc4)C4CC4)c3F)[nH]2)CC1. The first-order valence-corrected chi connectivity index (χ1v) is 12.4. The van der Waals surface area contributed by atoms with E-state index in [2.05, 4.69) is 25.3 Å². The van der Waals surface area contributed by atoms with E-state index in [4.69, 9.17) is 5.11 Å². The molecule has 1 aliphatic heterocycles. The number of carboxylic acid groups (broad SMARTS) is 1. The highest BCUT2D eigenvalue weighted by Crippen LogP contribution is 2.35. The molecule has 1 saturated heterocycles. The summed E-state index contributed by atoms with van der Waals surface area (Å²) in [6.07, 6.45) is 0.619. The molecule has 0 atom stereocenters. The number of H-pyrrole nitrogens is 1. The van der Waals surface area contributed by atoms with E-state index in [0.717, 1.165) is 36.5 Å². The highest BCUT2D eigenvalue weighted by molar-refractivity contribution is 5.65. The van der Waals surface area contributed by atoms with E-state index in [1.807, 2.05) is 0 Å². The highest BCUT2D eigenvalue weighted by Gasteiger charge is 2.34. The summed E-state index contributed by atoms with van der Waals surface area (Å²) in [7, 11) is 0. The van der Waals surface area contributed by atoms with Gasteiger partial charge in [0, 0.05) is 31.6 Å². The normalized spacial score (nSPS) is 16.5. The Kier molecular flexibility index (Phi) is 7.09. The summed E-state index contributed by atoms with van der Waals surface area (Å²) in [5, 5.41) is 12.1. The third-order valence-corrected chi connectivity index (χ3v) is 6.91. The molecule has 202 valence electrons. The van der Waals surface area contributed by atoms with Crippen LogP contribution in [0.25, 0.3) is 0 Å². The number of nitrogens with one attached hydrogen (secondary N) is 2. The van der Waals surface area contributed by atoms with Gasteiger partial charge in [-0.25, -0.2) is 19.7 Å². The minimum Gasteiger partial charge on any atom is -0.465 e. The van der Waals surface area contributed by atoms with Crippen LogP contribution >= 0.6 is 0 Å². The molecule has 1 amide bonds. The molecular formula is C25H27F4N7O2. The second-order valence-electron chi connectivity index (χ2n) is 9.60. The maximum atomic E-state index is 15.5. The Morgan fingerprint density at radius 2 is 1.82 bits per heavy atom. The molecule has 13 heteroatoms. The number of hydrogen-bond donors (Lipinski definition) is 3. The number of alkyl halides is 3. The van der Waals surface area contributed by atoms with Crippen LogP contribution in [0.5, 0.6) is 0 Å². The Hall–Kier alpha value is -3.90. The molecule has 38 heavy (non-hydrogen) atoms. The fourth-order valence-electron chi connectivity index (χ4n) is 4.64. The van der Waals surface area contributed by atoms with Crippen molar-refractivity contribution < 1.29 is 27.5 Å². The molecule has 2 aliphatic rings. The third kappa shape index (κ3) is 5.81. The molecule has 0 bridgehead atoms. The van der Waals surface area contributed by atoms with Crippen molar-refractivity contribution in [2.45, 2.75) is 56.9 Å². The average Bonchev–Trinajstić information content (AvgIpc) is 3.63. The highest BCUT2D eigenvalue weighted by atomic mass is 19.4. The number of aromatic nitrogens is 4. The number of amides is 1. The lowest BCUT2D eigenvalue weighted by Crippen LogP contribution is -2.37. The van der Waals surface area contributed by atoms with Crippen molar-refractivity contribution in [3.63, 3.8) is 0 Å². The second kappa shape index (κ2) is 10.5. The predicted molar refractivity (Wildman–Crippen MR) is 130 cm³/mol. The van der Waals surface area contributed by atoms with Crippen molar-refractivity contribution >= 4 is 17.7 Å². The van der Waals surface area contributed by atoms with Gasteiger partial charge in [0.25, 0.3) is 0 Å². The van der Waals surface area contributed by atoms with Crippen LogP contribution in [-0.4, -0.2) is 55.2 Å². The number of nitrogens with zero attached hydrogens (tertiary/aromatic N) is 5. The fourth-order valence-corrected chi connectivity index (χ4v) is 4.64. The van der Waals surface area contributed by atoms with Gasteiger partial charge in [-0.1, -0.05) is 12.1 Å². The Balaban J connectivity index is 1.24. The summed E-state index contributed by atoms with van der Waals surface area (Å²) in [6.45, 7) is 1.36. The molecule has 3 aromatic rings. The van der Waals surface area contributed by atoms with Gasteiger partial charge in [0.2, 0.25) is 5.82 Å². The quantitative estimate of drug-likeness (QED) is 0.350.